The average molecular weight is 362 g/mol. The Morgan fingerprint density at radius 3 is 2.78 bits per heavy atom. The molecule has 1 aromatic heterocycles. The molecule has 0 saturated carbocycles. The molecule has 0 aliphatic heterocycles. The summed E-state index contributed by atoms with van der Waals surface area (Å²) in [6.45, 7) is 3.91. The fraction of sp³-hybridized carbons (Fsp3) is 0.462. The number of nitro groups is 1. The zero-order chi connectivity index (χ0) is 17.4. The topological polar surface area (TPSA) is 103 Å². The standard InChI is InChI=1S/C13H17Cl2N5O3/c1-8(16-3)11(20(21)22)9(2)23-6-4-5-17-12-10(14)7-18-13(15)19-12/h7H,4-6H2,1-3H3,(H,17,18,19)/b11-9-,16-8-. The van der Waals surface area contributed by atoms with E-state index >= 15 is 0 Å². The SMILES string of the molecule is C/N=C(C)\C(=C(/C)OCCCNc1nc(Cl)ncc1Cl)[N+](=O)[O-]. The van der Waals surface area contributed by atoms with Crippen molar-refractivity contribution in [1.29, 1.82) is 0 Å². The maximum Gasteiger partial charge on any atom is 0.326 e. The Hall–Kier alpha value is -1.93. The van der Waals surface area contributed by atoms with Crippen LogP contribution in [0.2, 0.25) is 10.3 Å². The van der Waals surface area contributed by atoms with Crippen LogP contribution in [0, 0.1) is 10.1 Å². The molecule has 0 spiro atoms. The fourth-order valence-electron chi connectivity index (χ4n) is 1.66. The number of nitrogens with zero attached hydrogens (tertiary/aromatic N) is 4. The molecular formula is C13H17Cl2N5O3. The van der Waals surface area contributed by atoms with Gasteiger partial charge in [-0.2, -0.15) is 4.98 Å². The number of rotatable bonds is 8. The molecule has 1 aromatic rings. The molecular weight excluding hydrogens is 345 g/mol. The molecule has 0 bridgehead atoms. The lowest BCUT2D eigenvalue weighted by atomic mass is 10.2. The largest absolute Gasteiger partial charge is 0.491 e. The van der Waals surface area contributed by atoms with Gasteiger partial charge in [0, 0.05) is 20.5 Å². The predicted molar refractivity (Wildman–Crippen MR) is 89.8 cm³/mol. The van der Waals surface area contributed by atoms with Crippen LogP contribution in [0.5, 0.6) is 0 Å². The molecule has 126 valence electrons. The van der Waals surface area contributed by atoms with Crippen LogP contribution in [0.15, 0.2) is 22.6 Å². The Bertz CT molecular complexity index is 634. The summed E-state index contributed by atoms with van der Waals surface area (Å²) in [5.41, 5.74) is 0.194. The molecule has 8 nitrogen and oxygen atoms in total. The van der Waals surface area contributed by atoms with Crippen molar-refractivity contribution in [3.05, 3.63) is 38.1 Å². The fourth-order valence-corrected chi connectivity index (χ4v) is 1.95. The van der Waals surface area contributed by atoms with E-state index in [1.165, 1.54) is 13.2 Å². The van der Waals surface area contributed by atoms with Crippen LogP contribution in [0.1, 0.15) is 20.3 Å². The molecule has 0 aliphatic rings. The first-order chi connectivity index (χ1) is 10.9. The lowest BCUT2D eigenvalue weighted by Gasteiger charge is -2.09. The molecule has 0 atom stereocenters. The minimum atomic E-state index is -0.501. The molecule has 0 unspecified atom stereocenters. The zero-order valence-corrected chi connectivity index (χ0v) is 14.5. The highest BCUT2D eigenvalue weighted by molar-refractivity contribution is 6.33. The second-order valence-corrected chi connectivity index (χ2v) is 5.18. The third-order valence-electron chi connectivity index (χ3n) is 2.84. The molecule has 0 saturated heterocycles. The summed E-state index contributed by atoms with van der Waals surface area (Å²) in [5.74, 6) is 0.653. The van der Waals surface area contributed by atoms with Gasteiger partial charge in [-0.3, -0.25) is 15.1 Å². The van der Waals surface area contributed by atoms with Crippen LogP contribution in [0.25, 0.3) is 0 Å². The maximum absolute atomic E-state index is 11.0. The summed E-state index contributed by atoms with van der Waals surface area (Å²) in [5, 5.41) is 14.5. The summed E-state index contributed by atoms with van der Waals surface area (Å²) in [6, 6.07) is 0. The van der Waals surface area contributed by atoms with Crippen LogP contribution < -0.4 is 5.32 Å². The van der Waals surface area contributed by atoms with Gasteiger partial charge in [-0.1, -0.05) is 11.6 Å². The zero-order valence-electron chi connectivity index (χ0n) is 13.0. The Balaban J connectivity index is 2.50. The number of aromatic nitrogens is 2. The van der Waals surface area contributed by atoms with E-state index in [4.69, 9.17) is 27.9 Å². The molecule has 0 aliphatic carbocycles. The number of allylic oxidation sites excluding steroid dienone is 2. The van der Waals surface area contributed by atoms with E-state index in [9.17, 15) is 10.1 Å². The summed E-state index contributed by atoms with van der Waals surface area (Å²) in [4.78, 5) is 22.0. The highest BCUT2D eigenvalue weighted by Gasteiger charge is 2.20. The Morgan fingerprint density at radius 2 is 2.17 bits per heavy atom. The quantitative estimate of drug-likeness (QED) is 0.190. The second-order valence-electron chi connectivity index (χ2n) is 4.44. The van der Waals surface area contributed by atoms with E-state index in [0.717, 1.165) is 0 Å². The lowest BCUT2D eigenvalue weighted by Crippen LogP contribution is -2.13. The normalized spacial score (nSPS) is 12.7. The van der Waals surface area contributed by atoms with E-state index in [0.29, 0.717) is 36.1 Å². The van der Waals surface area contributed by atoms with Gasteiger partial charge in [0.1, 0.15) is 16.6 Å². The Morgan fingerprint density at radius 1 is 1.48 bits per heavy atom. The van der Waals surface area contributed by atoms with E-state index in [1.807, 2.05) is 0 Å². The minimum absolute atomic E-state index is 0.0943. The van der Waals surface area contributed by atoms with Gasteiger partial charge in [0.15, 0.2) is 5.76 Å². The minimum Gasteiger partial charge on any atom is -0.491 e. The van der Waals surface area contributed by atoms with Crippen LogP contribution in [-0.2, 0) is 4.74 Å². The number of ether oxygens (including phenoxy) is 1. The first-order valence-corrected chi connectivity index (χ1v) is 7.46. The number of hydrogen-bond acceptors (Lipinski definition) is 7. The van der Waals surface area contributed by atoms with Crippen molar-refractivity contribution in [2.24, 2.45) is 4.99 Å². The monoisotopic (exact) mass is 361 g/mol. The Kier molecular flexibility index (Phi) is 7.70. The van der Waals surface area contributed by atoms with Crippen molar-refractivity contribution in [3.63, 3.8) is 0 Å². The molecule has 0 radical (unpaired) electrons. The van der Waals surface area contributed by atoms with E-state index in [1.54, 1.807) is 13.8 Å². The van der Waals surface area contributed by atoms with Gasteiger partial charge < -0.3 is 10.1 Å². The smallest absolute Gasteiger partial charge is 0.326 e. The maximum atomic E-state index is 11.0. The molecule has 1 rings (SSSR count). The van der Waals surface area contributed by atoms with E-state index < -0.39 is 4.92 Å². The van der Waals surface area contributed by atoms with E-state index in [2.05, 4.69) is 20.3 Å². The van der Waals surface area contributed by atoms with Gasteiger partial charge in [0.05, 0.1) is 17.7 Å². The number of hydrogen-bond donors (Lipinski definition) is 1. The molecule has 0 aromatic carbocycles. The van der Waals surface area contributed by atoms with Crippen molar-refractivity contribution < 1.29 is 9.66 Å². The summed E-state index contributed by atoms with van der Waals surface area (Å²) in [7, 11) is 1.49. The van der Waals surface area contributed by atoms with Gasteiger partial charge in [0.25, 0.3) is 0 Å². The van der Waals surface area contributed by atoms with Crippen molar-refractivity contribution in [3.8, 4) is 0 Å². The lowest BCUT2D eigenvalue weighted by molar-refractivity contribution is -0.418. The summed E-state index contributed by atoms with van der Waals surface area (Å²) < 4.78 is 5.41. The molecule has 0 fully saturated rings. The molecule has 10 heteroatoms. The van der Waals surface area contributed by atoms with Crippen LogP contribution >= 0.6 is 23.2 Å². The third kappa shape index (κ3) is 5.99. The van der Waals surface area contributed by atoms with Crippen LogP contribution in [-0.4, -0.2) is 40.8 Å². The van der Waals surface area contributed by atoms with Gasteiger partial charge in [-0.15, -0.1) is 0 Å². The van der Waals surface area contributed by atoms with Gasteiger partial charge in [-0.05, 0) is 24.9 Å². The van der Waals surface area contributed by atoms with Gasteiger partial charge in [-0.25, -0.2) is 4.98 Å². The van der Waals surface area contributed by atoms with Crippen molar-refractivity contribution >= 4 is 34.7 Å². The number of halogens is 2. The van der Waals surface area contributed by atoms with Crippen LogP contribution in [0.3, 0.4) is 0 Å². The number of anilines is 1. The molecule has 23 heavy (non-hydrogen) atoms. The number of nitrogens with one attached hydrogen (secondary N) is 1. The second kappa shape index (κ2) is 9.26. The van der Waals surface area contributed by atoms with E-state index in [-0.39, 0.29) is 16.7 Å². The number of aliphatic imine (C=N–C) groups is 1. The van der Waals surface area contributed by atoms with Crippen molar-refractivity contribution in [2.75, 3.05) is 25.5 Å². The highest BCUT2D eigenvalue weighted by atomic mass is 35.5. The average Bonchev–Trinajstić information content (AvgIpc) is 2.49. The predicted octanol–water partition coefficient (Wildman–Crippen LogP) is 3.20. The van der Waals surface area contributed by atoms with Crippen molar-refractivity contribution in [2.45, 2.75) is 20.3 Å². The van der Waals surface area contributed by atoms with Gasteiger partial charge in [0.2, 0.25) is 5.28 Å². The van der Waals surface area contributed by atoms with Crippen molar-refractivity contribution in [1.82, 2.24) is 9.97 Å². The van der Waals surface area contributed by atoms with Gasteiger partial charge >= 0.3 is 5.70 Å². The Labute approximate surface area is 143 Å². The first-order valence-electron chi connectivity index (χ1n) is 6.70. The third-order valence-corrected chi connectivity index (χ3v) is 3.30. The molecule has 1 heterocycles. The summed E-state index contributed by atoms with van der Waals surface area (Å²) in [6.07, 6.45) is 1.99. The highest BCUT2D eigenvalue weighted by Crippen LogP contribution is 2.19. The molecule has 1 N–H and O–H groups in total. The summed E-state index contributed by atoms with van der Waals surface area (Å²) >= 11 is 11.6. The first kappa shape index (κ1) is 19.1. The van der Waals surface area contributed by atoms with Crippen LogP contribution in [0.4, 0.5) is 5.82 Å². The molecule has 0 amide bonds.